The molecule has 0 spiro atoms. The lowest BCUT2D eigenvalue weighted by Gasteiger charge is -2.29. The van der Waals surface area contributed by atoms with Gasteiger partial charge in [0.15, 0.2) is 4.96 Å². The molecule has 3 aromatic heterocycles. The van der Waals surface area contributed by atoms with Crippen molar-refractivity contribution in [2.24, 2.45) is 0 Å². The lowest BCUT2D eigenvalue weighted by molar-refractivity contribution is 0.0781. The minimum absolute atomic E-state index is 0.0362. The highest BCUT2D eigenvalue weighted by Crippen LogP contribution is 2.24. The third kappa shape index (κ3) is 3.42. The molecule has 1 fully saturated rings. The molecule has 1 saturated heterocycles. The fourth-order valence-corrected chi connectivity index (χ4v) is 4.28. The summed E-state index contributed by atoms with van der Waals surface area (Å²) in [4.78, 5) is 28.3. The fourth-order valence-electron chi connectivity index (χ4n) is 3.39. The summed E-state index contributed by atoms with van der Waals surface area (Å²) in [6.07, 6.45) is 3.82. The van der Waals surface area contributed by atoms with E-state index in [1.165, 1.54) is 4.88 Å². The molecule has 0 aliphatic carbocycles. The Bertz CT molecular complexity index is 974. The number of hydrogen-bond acceptors (Lipinski definition) is 6. The molecule has 0 N–H and O–H groups in total. The summed E-state index contributed by atoms with van der Waals surface area (Å²) in [5, 5.41) is 0. The van der Waals surface area contributed by atoms with Crippen LogP contribution in [0, 0.1) is 13.8 Å². The lowest BCUT2D eigenvalue weighted by atomic mass is 10.2. The molecule has 1 aliphatic rings. The van der Waals surface area contributed by atoms with Crippen molar-refractivity contribution in [1.29, 1.82) is 0 Å². The van der Waals surface area contributed by atoms with Gasteiger partial charge in [0.05, 0.1) is 36.7 Å². The lowest BCUT2D eigenvalue weighted by Crippen LogP contribution is -2.38. The minimum atomic E-state index is -0.0362. The summed E-state index contributed by atoms with van der Waals surface area (Å²) < 4.78 is 7.51. The van der Waals surface area contributed by atoms with Crippen molar-refractivity contribution in [3.8, 4) is 0 Å². The monoisotopic (exact) mass is 385 g/mol. The minimum Gasteiger partial charge on any atom is -0.378 e. The number of imidazole rings is 1. The number of aryl methyl sites for hydroxylation is 2. The molecule has 0 bridgehead atoms. The van der Waals surface area contributed by atoms with Crippen LogP contribution in [0.4, 0.5) is 5.82 Å². The molecule has 0 saturated carbocycles. The molecule has 27 heavy (non-hydrogen) atoms. The quantitative estimate of drug-likeness (QED) is 0.691. The van der Waals surface area contributed by atoms with Gasteiger partial charge in [-0.1, -0.05) is 0 Å². The molecule has 4 rings (SSSR count). The molecular weight excluding hydrogens is 362 g/mol. The molecule has 0 atom stereocenters. The Morgan fingerprint density at radius 3 is 2.89 bits per heavy atom. The SMILES string of the molecule is Cc1cn2c(CN(C)C(=O)c3cccnc3N3CCOCC3)c(C)nc2s1. The van der Waals surface area contributed by atoms with E-state index in [0.29, 0.717) is 25.3 Å². The van der Waals surface area contributed by atoms with Crippen molar-refractivity contribution < 1.29 is 9.53 Å². The number of anilines is 1. The second-order valence-corrected chi connectivity index (χ2v) is 7.99. The Morgan fingerprint density at radius 2 is 2.11 bits per heavy atom. The van der Waals surface area contributed by atoms with E-state index in [0.717, 1.165) is 35.3 Å². The molecule has 142 valence electrons. The van der Waals surface area contributed by atoms with E-state index in [9.17, 15) is 4.79 Å². The van der Waals surface area contributed by atoms with Gasteiger partial charge < -0.3 is 14.5 Å². The zero-order chi connectivity index (χ0) is 19.0. The Hall–Kier alpha value is -2.45. The number of rotatable bonds is 4. The van der Waals surface area contributed by atoms with Gasteiger partial charge in [0.2, 0.25) is 0 Å². The number of carbonyl (C=O) groups excluding carboxylic acids is 1. The van der Waals surface area contributed by atoms with Gasteiger partial charge in [-0.3, -0.25) is 9.20 Å². The van der Waals surface area contributed by atoms with E-state index in [4.69, 9.17) is 4.74 Å². The first kappa shape index (κ1) is 17.9. The van der Waals surface area contributed by atoms with E-state index >= 15 is 0 Å². The fraction of sp³-hybridized carbons (Fsp3) is 0.421. The molecule has 0 unspecified atom stereocenters. The average Bonchev–Trinajstić information content (AvgIpc) is 3.17. The number of ether oxygens (including phenoxy) is 1. The molecule has 3 aromatic rings. The Kier molecular flexibility index (Phi) is 4.84. The van der Waals surface area contributed by atoms with E-state index in [1.807, 2.05) is 26.1 Å². The van der Waals surface area contributed by atoms with Gasteiger partial charge in [-0.25, -0.2) is 9.97 Å². The molecule has 7 nitrogen and oxygen atoms in total. The largest absolute Gasteiger partial charge is 0.378 e. The van der Waals surface area contributed by atoms with Crippen LogP contribution in [-0.4, -0.2) is 58.5 Å². The normalized spacial score (nSPS) is 14.7. The van der Waals surface area contributed by atoms with Crippen molar-refractivity contribution in [2.45, 2.75) is 20.4 Å². The van der Waals surface area contributed by atoms with Gasteiger partial charge in [0, 0.05) is 37.4 Å². The standard InChI is InChI=1S/C19H23N5O2S/c1-13-11-24-16(14(2)21-19(24)27-13)12-22(3)18(25)15-5-4-6-20-17(15)23-7-9-26-10-8-23/h4-6,11H,7-10,12H2,1-3H3. The maximum absolute atomic E-state index is 13.2. The number of thiazole rings is 1. The Morgan fingerprint density at radius 1 is 1.33 bits per heavy atom. The first-order valence-electron chi connectivity index (χ1n) is 9.01. The summed E-state index contributed by atoms with van der Waals surface area (Å²) in [5.41, 5.74) is 2.63. The predicted octanol–water partition coefficient (Wildman–Crippen LogP) is 2.52. The summed E-state index contributed by atoms with van der Waals surface area (Å²) in [6, 6.07) is 3.67. The summed E-state index contributed by atoms with van der Waals surface area (Å²) in [7, 11) is 1.83. The number of fused-ring (bicyclic) bond motifs is 1. The average molecular weight is 385 g/mol. The zero-order valence-corrected chi connectivity index (χ0v) is 16.6. The number of morpholine rings is 1. The van der Waals surface area contributed by atoms with Crippen LogP contribution in [0.5, 0.6) is 0 Å². The zero-order valence-electron chi connectivity index (χ0n) is 15.8. The van der Waals surface area contributed by atoms with Crippen molar-refractivity contribution in [3.63, 3.8) is 0 Å². The molecule has 1 amide bonds. The number of carbonyl (C=O) groups is 1. The predicted molar refractivity (Wildman–Crippen MR) is 106 cm³/mol. The highest BCUT2D eigenvalue weighted by molar-refractivity contribution is 7.17. The topological polar surface area (TPSA) is 63.0 Å². The first-order chi connectivity index (χ1) is 13.0. The van der Waals surface area contributed by atoms with Crippen LogP contribution in [0.25, 0.3) is 4.96 Å². The summed E-state index contributed by atoms with van der Waals surface area (Å²) in [6.45, 7) is 7.37. The van der Waals surface area contributed by atoms with Gasteiger partial charge in [0.25, 0.3) is 5.91 Å². The van der Waals surface area contributed by atoms with Gasteiger partial charge in [0.1, 0.15) is 5.82 Å². The van der Waals surface area contributed by atoms with Gasteiger partial charge in [-0.2, -0.15) is 0 Å². The van der Waals surface area contributed by atoms with Crippen molar-refractivity contribution in [3.05, 3.63) is 46.4 Å². The van der Waals surface area contributed by atoms with Crippen LogP contribution in [0.2, 0.25) is 0 Å². The molecule has 0 aromatic carbocycles. The molecule has 4 heterocycles. The Balaban J connectivity index is 1.60. The molecule has 8 heteroatoms. The van der Waals surface area contributed by atoms with E-state index in [-0.39, 0.29) is 5.91 Å². The Labute approximate surface area is 162 Å². The van der Waals surface area contributed by atoms with Crippen molar-refractivity contribution in [2.75, 3.05) is 38.3 Å². The van der Waals surface area contributed by atoms with Gasteiger partial charge in [-0.15, -0.1) is 11.3 Å². The number of pyridine rings is 1. The maximum Gasteiger partial charge on any atom is 0.257 e. The third-order valence-electron chi connectivity index (χ3n) is 4.80. The number of nitrogens with zero attached hydrogens (tertiary/aromatic N) is 5. The second kappa shape index (κ2) is 7.28. The van der Waals surface area contributed by atoms with E-state index in [1.54, 1.807) is 22.4 Å². The van der Waals surface area contributed by atoms with Gasteiger partial charge in [-0.05, 0) is 26.0 Å². The van der Waals surface area contributed by atoms with Crippen molar-refractivity contribution >= 4 is 28.0 Å². The first-order valence-corrected chi connectivity index (χ1v) is 9.83. The maximum atomic E-state index is 13.2. The van der Waals surface area contributed by atoms with Crippen LogP contribution in [0.15, 0.2) is 24.5 Å². The summed E-state index contributed by atoms with van der Waals surface area (Å²) >= 11 is 1.66. The number of hydrogen-bond donors (Lipinski definition) is 0. The highest BCUT2D eigenvalue weighted by atomic mass is 32.1. The van der Waals surface area contributed by atoms with E-state index in [2.05, 4.69) is 32.4 Å². The van der Waals surface area contributed by atoms with Gasteiger partial charge >= 0.3 is 0 Å². The molecule has 0 radical (unpaired) electrons. The van der Waals surface area contributed by atoms with Crippen LogP contribution >= 0.6 is 11.3 Å². The van der Waals surface area contributed by atoms with Crippen LogP contribution in [0.3, 0.4) is 0 Å². The van der Waals surface area contributed by atoms with Crippen molar-refractivity contribution in [1.82, 2.24) is 19.3 Å². The molecular formula is C19H23N5O2S. The highest BCUT2D eigenvalue weighted by Gasteiger charge is 2.23. The smallest absolute Gasteiger partial charge is 0.257 e. The summed E-state index contributed by atoms with van der Waals surface area (Å²) in [5.74, 6) is 0.699. The third-order valence-corrected chi connectivity index (χ3v) is 5.70. The second-order valence-electron chi connectivity index (χ2n) is 6.77. The van der Waals surface area contributed by atoms with Crippen LogP contribution in [0.1, 0.15) is 26.6 Å². The number of aromatic nitrogens is 3. The van der Waals surface area contributed by atoms with Crippen LogP contribution < -0.4 is 4.90 Å². The van der Waals surface area contributed by atoms with E-state index < -0.39 is 0 Å². The van der Waals surface area contributed by atoms with Crippen LogP contribution in [-0.2, 0) is 11.3 Å². The molecule has 1 aliphatic heterocycles. The number of amides is 1.